The van der Waals surface area contributed by atoms with Gasteiger partial charge in [-0.1, -0.05) is 12.2 Å². The number of rotatable bonds is 3. The molecule has 1 aromatic rings. The highest BCUT2D eigenvalue weighted by molar-refractivity contribution is 7.80. The Bertz CT molecular complexity index is 565. The number of carbonyl (C=O) groups is 1. The van der Waals surface area contributed by atoms with Crippen molar-refractivity contribution in [3.63, 3.8) is 0 Å². The summed E-state index contributed by atoms with van der Waals surface area (Å²) in [5, 5.41) is 2.91. The van der Waals surface area contributed by atoms with Crippen LogP contribution in [0.3, 0.4) is 0 Å². The van der Waals surface area contributed by atoms with Crippen LogP contribution in [0.15, 0.2) is 12.1 Å². The first kappa shape index (κ1) is 14.6. The fourth-order valence-electron chi connectivity index (χ4n) is 2.20. The summed E-state index contributed by atoms with van der Waals surface area (Å²) in [4.78, 5) is 12.8. The van der Waals surface area contributed by atoms with Crippen molar-refractivity contribution >= 4 is 28.8 Å². The van der Waals surface area contributed by atoms with Crippen molar-refractivity contribution in [1.29, 1.82) is 0 Å². The van der Waals surface area contributed by atoms with E-state index in [1.165, 1.54) is 12.1 Å². The number of amides is 1. The molecule has 108 valence electrons. The molecule has 0 radical (unpaired) electrons. The summed E-state index contributed by atoms with van der Waals surface area (Å²) in [6.07, 6.45) is 0.977. The van der Waals surface area contributed by atoms with Crippen molar-refractivity contribution in [2.24, 2.45) is 5.73 Å². The molecular weight excluding hydrogens is 284 g/mol. The number of anilines is 1. The van der Waals surface area contributed by atoms with E-state index < -0.39 is 11.6 Å². The van der Waals surface area contributed by atoms with E-state index in [-0.39, 0.29) is 28.2 Å². The number of piperidine rings is 1. The number of thiocarbonyl (C=S) groups is 1. The van der Waals surface area contributed by atoms with Gasteiger partial charge in [-0.2, -0.15) is 0 Å². The van der Waals surface area contributed by atoms with E-state index in [1.54, 1.807) is 11.9 Å². The van der Waals surface area contributed by atoms with Gasteiger partial charge in [0.2, 0.25) is 5.91 Å². The Morgan fingerprint density at radius 3 is 2.75 bits per heavy atom. The second kappa shape index (κ2) is 5.70. The minimum atomic E-state index is -1.05. The van der Waals surface area contributed by atoms with Crippen LogP contribution in [0.5, 0.6) is 0 Å². The average molecular weight is 299 g/mol. The molecule has 1 aliphatic rings. The van der Waals surface area contributed by atoms with E-state index >= 15 is 0 Å². The highest BCUT2D eigenvalue weighted by Crippen LogP contribution is 2.23. The number of benzene rings is 1. The minimum Gasteiger partial charge on any atom is -0.389 e. The lowest BCUT2D eigenvalue weighted by molar-refractivity contribution is -0.132. The van der Waals surface area contributed by atoms with Gasteiger partial charge in [-0.25, -0.2) is 8.78 Å². The Morgan fingerprint density at radius 1 is 1.45 bits per heavy atom. The van der Waals surface area contributed by atoms with Crippen LogP contribution in [0.25, 0.3) is 0 Å². The number of likely N-dealkylation sites (N-methyl/N-ethyl adjacent to an activating group) is 1. The van der Waals surface area contributed by atoms with E-state index in [4.69, 9.17) is 5.73 Å². The number of carbonyl (C=O) groups excluding carboxylic acids is 1. The number of likely N-dealkylation sites (tertiary alicyclic amines) is 1. The molecule has 1 aliphatic heterocycles. The van der Waals surface area contributed by atoms with E-state index in [0.29, 0.717) is 19.4 Å². The summed E-state index contributed by atoms with van der Waals surface area (Å²) in [7, 11) is 1.68. The highest BCUT2D eigenvalue weighted by Gasteiger charge is 2.24. The van der Waals surface area contributed by atoms with Crippen LogP contribution < -0.4 is 11.1 Å². The van der Waals surface area contributed by atoms with Gasteiger partial charge in [0.05, 0.1) is 5.69 Å². The molecule has 20 heavy (non-hydrogen) atoms. The fraction of sp³-hybridized carbons (Fsp3) is 0.385. The van der Waals surface area contributed by atoms with Crippen LogP contribution in [0, 0.1) is 11.6 Å². The van der Waals surface area contributed by atoms with Crippen molar-refractivity contribution in [3.8, 4) is 0 Å². The molecule has 1 unspecified atom stereocenters. The van der Waals surface area contributed by atoms with Crippen molar-refractivity contribution < 1.29 is 13.6 Å². The minimum absolute atomic E-state index is 0.0512. The molecule has 2 rings (SSSR count). The van der Waals surface area contributed by atoms with Crippen molar-refractivity contribution in [2.45, 2.75) is 18.9 Å². The monoisotopic (exact) mass is 299 g/mol. The van der Waals surface area contributed by atoms with Crippen LogP contribution in [0.4, 0.5) is 14.5 Å². The normalized spacial score (nSPS) is 19.1. The first-order valence-corrected chi connectivity index (χ1v) is 6.59. The number of nitrogens with one attached hydrogen (secondary N) is 1. The maximum atomic E-state index is 13.9. The summed E-state index contributed by atoms with van der Waals surface area (Å²) in [6, 6.07) is 2.65. The Morgan fingerprint density at radius 2 is 2.15 bits per heavy atom. The van der Waals surface area contributed by atoms with Gasteiger partial charge in [0, 0.05) is 31.6 Å². The molecule has 1 fully saturated rings. The fourth-order valence-corrected chi connectivity index (χ4v) is 2.36. The second-order valence-corrected chi connectivity index (χ2v) is 5.25. The molecule has 0 spiro atoms. The van der Waals surface area contributed by atoms with Crippen LogP contribution in [-0.4, -0.2) is 35.4 Å². The Hall–Kier alpha value is -1.76. The van der Waals surface area contributed by atoms with Crippen LogP contribution >= 0.6 is 12.2 Å². The van der Waals surface area contributed by atoms with Crippen molar-refractivity contribution in [1.82, 2.24) is 4.90 Å². The van der Waals surface area contributed by atoms with E-state index in [0.717, 1.165) is 0 Å². The lowest BCUT2D eigenvalue weighted by Gasteiger charge is -2.31. The largest absolute Gasteiger partial charge is 0.389 e. The molecule has 1 amide bonds. The van der Waals surface area contributed by atoms with Gasteiger partial charge >= 0.3 is 0 Å². The van der Waals surface area contributed by atoms with Gasteiger partial charge in [0.1, 0.15) is 4.99 Å². The molecule has 1 saturated heterocycles. The molecule has 7 heteroatoms. The van der Waals surface area contributed by atoms with Gasteiger partial charge in [-0.3, -0.25) is 4.79 Å². The predicted octanol–water partition coefficient (Wildman–Crippen LogP) is 1.63. The lowest BCUT2D eigenvalue weighted by Crippen LogP contribution is -2.43. The molecule has 1 aromatic carbocycles. The Kier molecular flexibility index (Phi) is 4.17. The number of hydrogen-bond donors (Lipinski definition) is 2. The van der Waals surface area contributed by atoms with Crippen molar-refractivity contribution in [3.05, 3.63) is 29.3 Å². The third-order valence-corrected chi connectivity index (χ3v) is 3.55. The standard InChI is InChI=1S/C13H15F2N3OS/c1-18-6-7(2-5-10(18)19)17-9-4-3-8(13(16)20)11(14)12(9)15/h3-4,7,17H,2,5-6H2,1H3,(H2,16,20). The molecule has 0 aliphatic carbocycles. The number of nitrogens with zero attached hydrogens (tertiary/aromatic N) is 1. The summed E-state index contributed by atoms with van der Waals surface area (Å²) in [6.45, 7) is 0.455. The maximum absolute atomic E-state index is 13.9. The van der Waals surface area contributed by atoms with E-state index in [9.17, 15) is 13.6 Å². The second-order valence-electron chi connectivity index (χ2n) is 4.81. The smallest absolute Gasteiger partial charge is 0.222 e. The molecule has 0 bridgehead atoms. The summed E-state index contributed by atoms with van der Waals surface area (Å²) in [5.74, 6) is -2.00. The van der Waals surface area contributed by atoms with Crippen molar-refractivity contribution in [2.75, 3.05) is 18.9 Å². The van der Waals surface area contributed by atoms with Gasteiger partial charge in [0.15, 0.2) is 11.6 Å². The van der Waals surface area contributed by atoms with Gasteiger partial charge < -0.3 is 16.0 Å². The average Bonchev–Trinajstić information content (AvgIpc) is 2.39. The molecule has 3 N–H and O–H groups in total. The van der Waals surface area contributed by atoms with Gasteiger partial charge in [-0.15, -0.1) is 0 Å². The summed E-state index contributed by atoms with van der Waals surface area (Å²) in [5.41, 5.74) is 5.25. The number of nitrogens with two attached hydrogens (primary N) is 1. The van der Waals surface area contributed by atoms with Crippen LogP contribution in [-0.2, 0) is 4.79 Å². The highest BCUT2D eigenvalue weighted by atomic mass is 32.1. The number of halogens is 2. The summed E-state index contributed by atoms with van der Waals surface area (Å²) < 4.78 is 27.7. The Labute approximate surface area is 120 Å². The molecule has 0 aromatic heterocycles. The molecular formula is C13H15F2N3OS. The third-order valence-electron chi connectivity index (χ3n) is 3.33. The number of hydrogen-bond acceptors (Lipinski definition) is 3. The molecule has 1 atom stereocenters. The zero-order valence-electron chi connectivity index (χ0n) is 11.0. The van der Waals surface area contributed by atoms with Gasteiger partial charge in [0.25, 0.3) is 0 Å². The molecule has 0 saturated carbocycles. The zero-order valence-corrected chi connectivity index (χ0v) is 11.8. The first-order chi connectivity index (χ1) is 9.40. The molecule has 4 nitrogen and oxygen atoms in total. The topological polar surface area (TPSA) is 58.4 Å². The van der Waals surface area contributed by atoms with E-state index in [2.05, 4.69) is 17.5 Å². The van der Waals surface area contributed by atoms with Gasteiger partial charge in [-0.05, 0) is 18.6 Å². The first-order valence-electron chi connectivity index (χ1n) is 6.18. The van der Waals surface area contributed by atoms with E-state index in [1.807, 2.05) is 0 Å². The third kappa shape index (κ3) is 2.87. The maximum Gasteiger partial charge on any atom is 0.222 e. The lowest BCUT2D eigenvalue weighted by atomic mass is 10.0. The SMILES string of the molecule is CN1CC(Nc2ccc(C(N)=S)c(F)c2F)CCC1=O. The van der Waals surface area contributed by atoms with Crippen LogP contribution in [0.1, 0.15) is 18.4 Å². The quantitative estimate of drug-likeness (QED) is 0.833. The summed E-state index contributed by atoms with van der Waals surface area (Å²) >= 11 is 4.65. The van der Waals surface area contributed by atoms with Crippen LogP contribution in [0.2, 0.25) is 0 Å². The predicted molar refractivity (Wildman–Crippen MR) is 76.5 cm³/mol. The molecule has 1 heterocycles. The Balaban J connectivity index is 2.16. The zero-order chi connectivity index (χ0) is 14.9.